The fourth-order valence-electron chi connectivity index (χ4n) is 0.884. The molecule has 0 aromatic heterocycles. The van der Waals surface area contributed by atoms with E-state index in [-0.39, 0.29) is 18.1 Å². The lowest BCUT2D eigenvalue weighted by atomic mass is 10.2. The maximum absolute atomic E-state index is 11.2. The second-order valence-corrected chi connectivity index (χ2v) is 3.05. The van der Waals surface area contributed by atoms with Crippen molar-refractivity contribution in [2.75, 3.05) is 7.05 Å². The van der Waals surface area contributed by atoms with Crippen LogP contribution in [0.25, 0.3) is 0 Å². The van der Waals surface area contributed by atoms with Gasteiger partial charge in [-0.25, -0.2) is 0 Å². The van der Waals surface area contributed by atoms with Gasteiger partial charge in [-0.05, 0) is 27.3 Å². The van der Waals surface area contributed by atoms with Gasteiger partial charge in [-0.1, -0.05) is 13.3 Å². The van der Waals surface area contributed by atoms with Crippen molar-refractivity contribution in [2.45, 2.75) is 45.8 Å². The maximum Gasteiger partial charge on any atom is 0.323 e. The van der Waals surface area contributed by atoms with Crippen molar-refractivity contribution < 1.29 is 9.53 Å². The lowest BCUT2D eigenvalue weighted by molar-refractivity contribution is -0.150. The zero-order valence-corrected chi connectivity index (χ0v) is 8.39. The largest absolute Gasteiger partial charge is 0.462 e. The Morgan fingerprint density at radius 1 is 1.50 bits per heavy atom. The molecule has 2 atom stereocenters. The summed E-state index contributed by atoms with van der Waals surface area (Å²) in [6.07, 6.45) is 2.02. The summed E-state index contributed by atoms with van der Waals surface area (Å²) in [7, 11) is 1.75. The van der Waals surface area contributed by atoms with Gasteiger partial charge in [-0.15, -0.1) is 0 Å². The first kappa shape index (κ1) is 11.4. The second kappa shape index (κ2) is 6.00. The predicted molar refractivity (Wildman–Crippen MR) is 49.0 cm³/mol. The number of likely N-dealkylation sites (N-methyl/N-ethyl adjacent to an activating group) is 1. The van der Waals surface area contributed by atoms with E-state index in [4.69, 9.17) is 4.74 Å². The molecule has 0 amide bonds. The summed E-state index contributed by atoms with van der Waals surface area (Å²) in [5.74, 6) is -0.168. The Hall–Kier alpha value is -0.570. The Morgan fingerprint density at radius 2 is 2.08 bits per heavy atom. The van der Waals surface area contributed by atoms with E-state index in [2.05, 4.69) is 12.2 Å². The van der Waals surface area contributed by atoms with Crippen molar-refractivity contribution in [3.8, 4) is 0 Å². The molecule has 0 saturated heterocycles. The fourth-order valence-corrected chi connectivity index (χ4v) is 0.884. The van der Waals surface area contributed by atoms with Gasteiger partial charge in [0.15, 0.2) is 0 Å². The lowest BCUT2D eigenvalue weighted by Crippen LogP contribution is -2.34. The van der Waals surface area contributed by atoms with Crippen molar-refractivity contribution >= 4 is 5.97 Å². The van der Waals surface area contributed by atoms with Crippen LogP contribution in [-0.4, -0.2) is 25.2 Å². The van der Waals surface area contributed by atoms with Crippen molar-refractivity contribution in [2.24, 2.45) is 0 Å². The molecule has 2 unspecified atom stereocenters. The average Bonchev–Trinajstić information content (AvgIpc) is 2.03. The Bertz CT molecular complexity index is 136. The van der Waals surface area contributed by atoms with E-state index in [9.17, 15) is 4.79 Å². The van der Waals surface area contributed by atoms with Crippen molar-refractivity contribution in [1.29, 1.82) is 0 Å². The van der Waals surface area contributed by atoms with Crippen molar-refractivity contribution in [1.82, 2.24) is 5.32 Å². The van der Waals surface area contributed by atoms with Crippen molar-refractivity contribution in [3.05, 3.63) is 0 Å². The van der Waals surface area contributed by atoms with Crippen LogP contribution >= 0.6 is 0 Å². The van der Waals surface area contributed by atoms with Gasteiger partial charge < -0.3 is 10.1 Å². The van der Waals surface area contributed by atoms with Crippen LogP contribution in [0.2, 0.25) is 0 Å². The van der Waals surface area contributed by atoms with Crippen LogP contribution in [0, 0.1) is 0 Å². The molecule has 0 aromatic rings. The van der Waals surface area contributed by atoms with Gasteiger partial charge in [0.2, 0.25) is 0 Å². The molecule has 0 radical (unpaired) electrons. The third kappa shape index (κ3) is 4.34. The van der Waals surface area contributed by atoms with E-state index in [1.165, 1.54) is 0 Å². The number of esters is 1. The Kier molecular flexibility index (Phi) is 5.72. The molecule has 0 aromatic carbocycles. The van der Waals surface area contributed by atoms with E-state index in [1.54, 1.807) is 14.0 Å². The first-order valence-electron chi connectivity index (χ1n) is 4.49. The van der Waals surface area contributed by atoms with E-state index in [1.807, 2.05) is 6.92 Å². The molecule has 0 aliphatic rings. The molecule has 0 spiro atoms. The number of ether oxygens (including phenoxy) is 1. The van der Waals surface area contributed by atoms with Crippen LogP contribution in [0.4, 0.5) is 0 Å². The van der Waals surface area contributed by atoms with E-state index in [0.29, 0.717) is 0 Å². The standard InChI is InChI=1S/C9H19NO2/c1-5-6-7(2)12-9(11)8(3)10-4/h7-8,10H,5-6H2,1-4H3. The molecular formula is C9H19NO2. The summed E-state index contributed by atoms with van der Waals surface area (Å²) < 4.78 is 5.14. The average molecular weight is 173 g/mol. The third-order valence-electron chi connectivity index (χ3n) is 1.80. The highest BCUT2D eigenvalue weighted by Crippen LogP contribution is 2.02. The van der Waals surface area contributed by atoms with E-state index < -0.39 is 0 Å². The van der Waals surface area contributed by atoms with Crippen LogP contribution in [0.15, 0.2) is 0 Å². The molecule has 0 bridgehead atoms. The number of rotatable bonds is 5. The number of carbonyl (C=O) groups excluding carboxylic acids is 1. The minimum atomic E-state index is -0.204. The minimum Gasteiger partial charge on any atom is -0.462 e. The van der Waals surface area contributed by atoms with Gasteiger partial charge in [0.1, 0.15) is 6.04 Å². The van der Waals surface area contributed by atoms with Crippen molar-refractivity contribution in [3.63, 3.8) is 0 Å². The van der Waals surface area contributed by atoms with Gasteiger partial charge in [-0.3, -0.25) is 4.79 Å². The number of hydrogen-bond acceptors (Lipinski definition) is 3. The SMILES string of the molecule is CCCC(C)OC(=O)C(C)NC. The quantitative estimate of drug-likeness (QED) is 0.637. The Balaban J connectivity index is 3.67. The van der Waals surface area contributed by atoms with Crippen LogP contribution in [0.5, 0.6) is 0 Å². The van der Waals surface area contributed by atoms with Gasteiger partial charge in [0, 0.05) is 0 Å². The summed E-state index contributed by atoms with van der Waals surface area (Å²) in [5.41, 5.74) is 0. The zero-order chi connectivity index (χ0) is 9.56. The molecule has 0 fully saturated rings. The van der Waals surface area contributed by atoms with Gasteiger partial charge >= 0.3 is 5.97 Å². The smallest absolute Gasteiger partial charge is 0.323 e. The van der Waals surface area contributed by atoms with E-state index in [0.717, 1.165) is 12.8 Å². The highest BCUT2D eigenvalue weighted by atomic mass is 16.5. The number of hydrogen-bond donors (Lipinski definition) is 1. The van der Waals surface area contributed by atoms with Crippen LogP contribution in [-0.2, 0) is 9.53 Å². The highest BCUT2D eigenvalue weighted by Gasteiger charge is 2.14. The molecule has 3 heteroatoms. The predicted octanol–water partition coefficient (Wildman–Crippen LogP) is 1.33. The first-order chi connectivity index (χ1) is 5.61. The normalized spacial score (nSPS) is 15.3. The Labute approximate surface area is 74.5 Å². The van der Waals surface area contributed by atoms with Gasteiger partial charge in [-0.2, -0.15) is 0 Å². The van der Waals surface area contributed by atoms with Crippen LogP contribution in [0.1, 0.15) is 33.6 Å². The molecule has 0 saturated carbocycles. The third-order valence-corrected chi connectivity index (χ3v) is 1.80. The first-order valence-corrected chi connectivity index (χ1v) is 4.49. The van der Waals surface area contributed by atoms with Crippen LogP contribution in [0.3, 0.4) is 0 Å². The second-order valence-electron chi connectivity index (χ2n) is 3.05. The highest BCUT2D eigenvalue weighted by molar-refractivity contribution is 5.75. The summed E-state index contributed by atoms with van der Waals surface area (Å²) >= 11 is 0. The van der Waals surface area contributed by atoms with E-state index >= 15 is 0 Å². The lowest BCUT2D eigenvalue weighted by Gasteiger charge is -2.15. The molecule has 0 heterocycles. The number of nitrogens with one attached hydrogen (secondary N) is 1. The Morgan fingerprint density at radius 3 is 2.50 bits per heavy atom. The molecule has 0 aliphatic heterocycles. The molecular weight excluding hydrogens is 154 g/mol. The zero-order valence-electron chi connectivity index (χ0n) is 8.39. The molecule has 0 rings (SSSR count). The summed E-state index contributed by atoms with van der Waals surface area (Å²) in [6, 6.07) is -0.204. The summed E-state index contributed by atoms with van der Waals surface area (Å²) in [5, 5.41) is 2.84. The molecule has 12 heavy (non-hydrogen) atoms. The molecule has 72 valence electrons. The fraction of sp³-hybridized carbons (Fsp3) is 0.889. The van der Waals surface area contributed by atoms with Gasteiger partial charge in [0.05, 0.1) is 6.10 Å². The molecule has 0 aliphatic carbocycles. The van der Waals surface area contributed by atoms with Crippen LogP contribution < -0.4 is 5.32 Å². The monoisotopic (exact) mass is 173 g/mol. The maximum atomic E-state index is 11.2. The molecule has 3 nitrogen and oxygen atoms in total. The topological polar surface area (TPSA) is 38.3 Å². The summed E-state index contributed by atoms with van der Waals surface area (Å²) in [6.45, 7) is 5.79. The number of carbonyl (C=O) groups is 1. The summed E-state index contributed by atoms with van der Waals surface area (Å²) in [4.78, 5) is 11.2. The minimum absolute atomic E-state index is 0.0401. The molecule has 1 N–H and O–H groups in total. The van der Waals surface area contributed by atoms with Gasteiger partial charge in [0.25, 0.3) is 0 Å².